The van der Waals surface area contributed by atoms with E-state index in [1.165, 1.54) is 25.0 Å². The predicted molar refractivity (Wildman–Crippen MR) is 72.8 cm³/mol. The molecule has 0 bridgehead atoms. The normalized spacial score (nSPS) is 16.1. The van der Waals surface area contributed by atoms with E-state index < -0.39 is 0 Å². The van der Waals surface area contributed by atoms with Crippen LogP contribution in [0.15, 0.2) is 18.2 Å². The fraction of sp³-hybridized carbons (Fsp3) is 0.467. The maximum Gasteiger partial charge on any atom is 0.123 e. The van der Waals surface area contributed by atoms with Crippen LogP contribution in [0.2, 0.25) is 0 Å². The van der Waals surface area contributed by atoms with E-state index in [4.69, 9.17) is 12.2 Å². The quantitative estimate of drug-likeness (QED) is 0.809. The third-order valence-corrected chi connectivity index (χ3v) is 3.28. The smallest absolute Gasteiger partial charge is 0.123 e. The van der Waals surface area contributed by atoms with Crippen molar-refractivity contribution in [2.75, 3.05) is 18.0 Å². The molecule has 1 unspecified atom stereocenters. The summed E-state index contributed by atoms with van der Waals surface area (Å²) in [6, 6.07) is 4.57. The second-order valence-electron chi connectivity index (χ2n) is 5.02. The molecule has 1 saturated carbocycles. The van der Waals surface area contributed by atoms with Crippen molar-refractivity contribution in [3.8, 4) is 12.3 Å². The molecule has 0 aliphatic heterocycles. The predicted octanol–water partition coefficient (Wildman–Crippen LogP) is 2.70. The minimum absolute atomic E-state index is 0.199. The third-order valence-electron chi connectivity index (χ3n) is 3.28. The van der Waals surface area contributed by atoms with Crippen LogP contribution >= 0.6 is 0 Å². The summed E-state index contributed by atoms with van der Waals surface area (Å²) in [7, 11) is 0. The number of hydrogen-bond donors (Lipinski definition) is 1. The van der Waals surface area contributed by atoms with E-state index in [0.717, 1.165) is 23.7 Å². The summed E-state index contributed by atoms with van der Waals surface area (Å²) in [5.41, 5.74) is 7.71. The number of nitrogens with zero attached hydrogens (tertiary/aromatic N) is 1. The summed E-state index contributed by atoms with van der Waals surface area (Å²) in [6.45, 7) is 3.35. The topological polar surface area (TPSA) is 29.3 Å². The van der Waals surface area contributed by atoms with Crippen molar-refractivity contribution in [2.24, 2.45) is 11.7 Å². The van der Waals surface area contributed by atoms with Gasteiger partial charge in [-0.2, -0.15) is 0 Å². The van der Waals surface area contributed by atoms with Crippen LogP contribution < -0.4 is 10.6 Å². The van der Waals surface area contributed by atoms with Gasteiger partial charge in [-0.1, -0.05) is 5.92 Å². The second-order valence-corrected chi connectivity index (χ2v) is 5.02. The van der Waals surface area contributed by atoms with Gasteiger partial charge in [0.15, 0.2) is 0 Å². The molecule has 0 spiro atoms. The molecule has 1 aromatic rings. The number of benzene rings is 1. The van der Waals surface area contributed by atoms with Gasteiger partial charge in [0.2, 0.25) is 0 Å². The van der Waals surface area contributed by atoms with Crippen LogP contribution in [0.3, 0.4) is 0 Å². The molecule has 96 valence electrons. The van der Waals surface area contributed by atoms with Crippen molar-refractivity contribution in [1.82, 2.24) is 0 Å². The lowest BCUT2D eigenvalue weighted by Crippen LogP contribution is -2.28. The minimum Gasteiger partial charge on any atom is -0.360 e. The third kappa shape index (κ3) is 3.02. The van der Waals surface area contributed by atoms with Crippen molar-refractivity contribution in [3.05, 3.63) is 29.6 Å². The van der Waals surface area contributed by atoms with Crippen LogP contribution in [0, 0.1) is 24.1 Å². The summed E-state index contributed by atoms with van der Waals surface area (Å²) >= 11 is 0. The molecule has 1 aliphatic carbocycles. The number of hydrogen-bond acceptors (Lipinski definition) is 2. The van der Waals surface area contributed by atoms with E-state index in [9.17, 15) is 4.39 Å². The zero-order valence-corrected chi connectivity index (χ0v) is 10.7. The average molecular weight is 246 g/mol. The van der Waals surface area contributed by atoms with Crippen LogP contribution in [0.1, 0.15) is 31.4 Å². The summed E-state index contributed by atoms with van der Waals surface area (Å²) in [5, 5.41) is 0. The van der Waals surface area contributed by atoms with Crippen LogP contribution in [0.25, 0.3) is 0 Å². The first kappa shape index (κ1) is 12.9. The van der Waals surface area contributed by atoms with Gasteiger partial charge in [-0.25, -0.2) is 4.39 Å². The lowest BCUT2D eigenvalue weighted by molar-refractivity contribution is 0.621. The Morgan fingerprint density at radius 3 is 2.83 bits per heavy atom. The van der Waals surface area contributed by atoms with E-state index in [2.05, 4.69) is 10.8 Å². The maximum absolute atomic E-state index is 13.3. The van der Waals surface area contributed by atoms with Crippen LogP contribution in [-0.4, -0.2) is 13.1 Å². The first-order valence-corrected chi connectivity index (χ1v) is 6.35. The summed E-state index contributed by atoms with van der Waals surface area (Å²) in [4.78, 5) is 2.13. The van der Waals surface area contributed by atoms with Gasteiger partial charge < -0.3 is 10.6 Å². The number of anilines is 1. The SMILES string of the molecule is C#CCN(CC1CC1)c1ccc(F)cc1C(C)N. The zero-order chi connectivity index (χ0) is 13.1. The highest BCUT2D eigenvalue weighted by Gasteiger charge is 2.25. The summed E-state index contributed by atoms with van der Waals surface area (Å²) in [6.07, 6.45) is 7.94. The van der Waals surface area contributed by atoms with Crippen molar-refractivity contribution in [1.29, 1.82) is 0 Å². The molecular weight excluding hydrogens is 227 g/mol. The van der Waals surface area contributed by atoms with Crippen molar-refractivity contribution in [2.45, 2.75) is 25.8 Å². The van der Waals surface area contributed by atoms with Gasteiger partial charge in [-0.05, 0) is 49.4 Å². The second kappa shape index (κ2) is 5.41. The Kier molecular flexibility index (Phi) is 3.88. The Bertz CT molecular complexity index is 458. The highest BCUT2D eigenvalue weighted by Crippen LogP contribution is 2.33. The molecule has 3 heteroatoms. The van der Waals surface area contributed by atoms with Crippen LogP contribution in [-0.2, 0) is 0 Å². The standard InChI is InChI=1S/C15H19FN2/c1-3-8-18(10-12-4-5-12)15-7-6-13(16)9-14(15)11(2)17/h1,6-7,9,11-12H,4-5,8,10,17H2,2H3. The average Bonchev–Trinajstić information content (AvgIpc) is 3.12. The zero-order valence-electron chi connectivity index (χ0n) is 10.7. The van der Waals surface area contributed by atoms with E-state index in [-0.39, 0.29) is 11.9 Å². The van der Waals surface area contributed by atoms with Crippen molar-refractivity contribution >= 4 is 5.69 Å². The van der Waals surface area contributed by atoms with Gasteiger partial charge in [0.1, 0.15) is 5.82 Å². The van der Waals surface area contributed by atoms with Crippen molar-refractivity contribution in [3.63, 3.8) is 0 Å². The molecule has 0 heterocycles. The van der Waals surface area contributed by atoms with Crippen LogP contribution in [0.4, 0.5) is 10.1 Å². The van der Waals surface area contributed by atoms with Gasteiger partial charge in [0, 0.05) is 18.3 Å². The molecule has 0 saturated heterocycles. The first-order valence-electron chi connectivity index (χ1n) is 6.35. The lowest BCUT2D eigenvalue weighted by Gasteiger charge is -2.26. The number of nitrogens with two attached hydrogens (primary N) is 1. The van der Waals surface area contributed by atoms with Gasteiger partial charge in [-0.3, -0.25) is 0 Å². The monoisotopic (exact) mass is 246 g/mol. The Labute approximate surface area is 108 Å². The fourth-order valence-corrected chi connectivity index (χ4v) is 2.15. The Hall–Kier alpha value is -1.53. The molecule has 2 rings (SSSR count). The van der Waals surface area contributed by atoms with E-state index in [0.29, 0.717) is 6.54 Å². The van der Waals surface area contributed by atoms with E-state index >= 15 is 0 Å². The molecule has 1 fully saturated rings. The van der Waals surface area contributed by atoms with Gasteiger partial charge in [0.25, 0.3) is 0 Å². The number of halogens is 1. The molecule has 0 amide bonds. The molecule has 2 N–H and O–H groups in total. The molecule has 1 aromatic carbocycles. The summed E-state index contributed by atoms with van der Waals surface area (Å²) in [5.74, 6) is 3.15. The minimum atomic E-state index is -0.252. The molecule has 2 nitrogen and oxygen atoms in total. The molecule has 0 radical (unpaired) electrons. The highest BCUT2D eigenvalue weighted by atomic mass is 19.1. The highest BCUT2D eigenvalue weighted by molar-refractivity contribution is 5.56. The molecule has 0 aromatic heterocycles. The van der Waals surface area contributed by atoms with E-state index in [1.54, 1.807) is 6.07 Å². The summed E-state index contributed by atoms with van der Waals surface area (Å²) < 4.78 is 13.3. The fourth-order valence-electron chi connectivity index (χ4n) is 2.15. The first-order chi connectivity index (χ1) is 8.61. The van der Waals surface area contributed by atoms with E-state index in [1.807, 2.05) is 6.92 Å². The van der Waals surface area contributed by atoms with Gasteiger partial charge in [-0.15, -0.1) is 6.42 Å². The number of terminal acetylenes is 1. The van der Waals surface area contributed by atoms with Crippen LogP contribution in [0.5, 0.6) is 0 Å². The maximum atomic E-state index is 13.3. The van der Waals surface area contributed by atoms with Gasteiger partial charge in [0.05, 0.1) is 6.54 Å². The largest absolute Gasteiger partial charge is 0.360 e. The lowest BCUT2D eigenvalue weighted by atomic mass is 10.1. The molecule has 1 atom stereocenters. The Morgan fingerprint density at radius 1 is 1.56 bits per heavy atom. The Balaban J connectivity index is 2.29. The molecule has 18 heavy (non-hydrogen) atoms. The van der Waals surface area contributed by atoms with Gasteiger partial charge >= 0.3 is 0 Å². The number of rotatable bonds is 5. The molecular formula is C15H19FN2. The van der Waals surface area contributed by atoms with Crippen molar-refractivity contribution < 1.29 is 4.39 Å². The molecule has 1 aliphatic rings. The Morgan fingerprint density at radius 2 is 2.28 bits per heavy atom.